The zero-order valence-electron chi connectivity index (χ0n) is 11.3. The highest BCUT2D eigenvalue weighted by atomic mass is 19.1. The Hall–Kier alpha value is -2.01. The molecule has 0 bridgehead atoms. The van der Waals surface area contributed by atoms with Gasteiger partial charge in [-0.2, -0.15) is 0 Å². The molecule has 1 unspecified atom stereocenters. The highest BCUT2D eigenvalue weighted by molar-refractivity contribution is 5.60. The van der Waals surface area contributed by atoms with Gasteiger partial charge in [0.2, 0.25) is 0 Å². The van der Waals surface area contributed by atoms with E-state index in [1.165, 1.54) is 30.3 Å². The summed E-state index contributed by atoms with van der Waals surface area (Å²) in [5, 5.41) is 0. The Morgan fingerprint density at radius 1 is 1.10 bits per heavy atom. The molecule has 1 aliphatic heterocycles. The van der Waals surface area contributed by atoms with Gasteiger partial charge in [-0.1, -0.05) is 12.1 Å². The molecular formula is C16H15F3N2. The molecule has 2 nitrogen and oxygen atoms in total. The quantitative estimate of drug-likeness (QED) is 0.941. The zero-order chi connectivity index (χ0) is 15.0. The van der Waals surface area contributed by atoms with Gasteiger partial charge >= 0.3 is 0 Å². The van der Waals surface area contributed by atoms with Crippen LogP contribution >= 0.6 is 0 Å². The monoisotopic (exact) mass is 292 g/mol. The largest absolute Gasteiger partial charge is 0.362 e. The molecule has 0 amide bonds. The van der Waals surface area contributed by atoms with E-state index in [1.54, 1.807) is 11.0 Å². The van der Waals surface area contributed by atoms with Crippen LogP contribution in [0.2, 0.25) is 0 Å². The molecule has 2 N–H and O–H groups in total. The number of nitrogens with two attached hydrogens (primary N) is 1. The molecule has 0 saturated heterocycles. The van der Waals surface area contributed by atoms with Crippen molar-refractivity contribution in [3.8, 4) is 0 Å². The lowest BCUT2D eigenvalue weighted by Gasteiger charge is -2.30. The number of benzene rings is 2. The van der Waals surface area contributed by atoms with Gasteiger partial charge in [0.1, 0.15) is 17.5 Å². The van der Waals surface area contributed by atoms with Gasteiger partial charge in [0.05, 0.1) is 6.04 Å². The predicted octanol–water partition coefficient (Wildman–Crippen LogP) is 3.17. The minimum Gasteiger partial charge on any atom is -0.362 e. The van der Waals surface area contributed by atoms with E-state index in [-0.39, 0.29) is 17.9 Å². The van der Waals surface area contributed by atoms with Crippen LogP contribution in [-0.2, 0) is 6.42 Å². The summed E-state index contributed by atoms with van der Waals surface area (Å²) in [6.07, 6.45) is 0.711. The highest BCUT2D eigenvalue weighted by Crippen LogP contribution is 2.36. The van der Waals surface area contributed by atoms with Gasteiger partial charge < -0.3 is 10.6 Å². The van der Waals surface area contributed by atoms with Crippen molar-refractivity contribution in [3.05, 3.63) is 65.0 Å². The maximum absolute atomic E-state index is 14.0. The normalized spacial score (nSPS) is 15.1. The summed E-state index contributed by atoms with van der Waals surface area (Å²) in [5.41, 5.74) is 7.32. The molecule has 0 fully saturated rings. The molecule has 110 valence electrons. The van der Waals surface area contributed by atoms with Crippen molar-refractivity contribution in [2.45, 2.75) is 12.5 Å². The molecule has 2 aromatic carbocycles. The number of nitrogens with zero attached hydrogens (tertiary/aromatic N) is 1. The first-order valence-corrected chi connectivity index (χ1v) is 6.81. The standard InChI is InChI=1S/C16H15F3N2/c17-11-5-4-10-6-7-21(14(10)8-11)15(9-20)16-12(18)2-1-3-13(16)19/h1-5,8,15H,6-7,9,20H2. The second-order valence-electron chi connectivity index (χ2n) is 5.10. The van der Waals surface area contributed by atoms with Crippen molar-refractivity contribution in [2.75, 3.05) is 18.0 Å². The van der Waals surface area contributed by atoms with Gasteiger partial charge in [0.25, 0.3) is 0 Å². The fourth-order valence-electron chi connectivity index (χ4n) is 2.93. The Kier molecular flexibility index (Phi) is 3.59. The van der Waals surface area contributed by atoms with Gasteiger partial charge in [-0.15, -0.1) is 0 Å². The zero-order valence-corrected chi connectivity index (χ0v) is 11.3. The molecule has 2 aromatic rings. The van der Waals surface area contributed by atoms with Crippen molar-refractivity contribution in [1.29, 1.82) is 0 Å². The van der Waals surface area contributed by atoms with E-state index < -0.39 is 17.7 Å². The Bertz CT molecular complexity index is 652. The maximum Gasteiger partial charge on any atom is 0.131 e. The number of hydrogen-bond donors (Lipinski definition) is 1. The second kappa shape index (κ2) is 5.41. The van der Waals surface area contributed by atoms with Crippen LogP contribution in [0.3, 0.4) is 0 Å². The molecule has 1 atom stereocenters. The van der Waals surface area contributed by atoms with E-state index in [0.717, 1.165) is 5.56 Å². The van der Waals surface area contributed by atoms with E-state index in [9.17, 15) is 13.2 Å². The first kappa shape index (κ1) is 13.9. The molecule has 1 heterocycles. The smallest absolute Gasteiger partial charge is 0.131 e. The minimum atomic E-state index is -0.644. The summed E-state index contributed by atoms with van der Waals surface area (Å²) >= 11 is 0. The summed E-state index contributed by atoms with van der Waals surface area (Å²) in [5.74, 6) is -1.63. The molecule has 3 rings (SSSR count). The fraction of sp³-hybridized carbons (Fsp3) is 0.250. The molecule has 0 spiro atoms. The highest BCUT2D eigenvalue weighted by Gasteiger charge is 2.30. The summed E-state index contributed by atoms with van der Waals surface area (Å²) in [6.45, 7) is 0.613. The molecule has 0 saturated carbocycles. The van der Waals surface area contributed by atoms with E-state index in [0.29, 0.717) is 18.7 Å². The third kappa shape index (κ3) is 2.38. The summed E-state index contributed by atoms with van der Waals surface area (Å²) in [7, 11) is 0. The van der Waals surface area contributed by atoms with E-state index in [2.05, 4.69) is 0 Å². The van der Waals surface area contributed by atoms with Crippen LogP contribution in [0.5, 0.6) is 0 Å². The second-order valence-corrected chi connectivity index (χ2v) is 5.10. The molecule has 0 radical (unpaired) electrons. The SMILES string of the molecule is NCC(c1c(F)cccc1F)N1CCc2ccc(F)cc21. The van der Waals surface area contributed by atoms with Gasteiger partial charge in [0, 0.05) is 24.3 Å². The average Bonchev–Trinajstić information content (AvgIpc) is 2.86. The molecule has 5 heteroatoms. The number of rotatable bonds is 3. The predicted molar refractivity (Wildman–Crippen MR) is 75.6 cm³/mol. The van der Waals surface area contributed by atoms with Crippen LogP contribution in [-0.4, -0.2) is 13.1 Å². The van der Waals surface area contributed by atoms with Crippen LogP contribution in [0, 0.1) is 17.5 Å². The topological polar surface area (TPSA) is 29.3 Å². The summed E-state index contributed by atoms with van der Waals surface area (Å²) in [6, 6.07) is 7.59. The number of halogens is 3. The minimum absolute atomic E-state index is 0.0494. The van der Waals surface area contributed by atoms with Gasteiger partial charge in [-0.3, -0.25) is 0 Å². The third-order valence-corrected chi connectivity index (χ3v) is 3.91. The fourth-order valence-corrected chi connectivity index (χ4v) is 2.93. The Balaban J connectivity index is 2.05. The van der Waals surface area contributed by atoms with E-state index >= 15 is 0 Å². The Morgan fingerprint density at radius 3 is 2.48 bits per heavy atom. The molecular weight excluding hydrogens is 277 g/mol. The van der Waals surface area contributed by atoms with Crippen molar-refractivity contribution < 1.29 is 13.2 Å². The van der Waals surface area contributed by atoms with Crippen LogP contribution < -0.4 is 10.6 Å². The van der Waals surface area contributed by atoms with Crippen molar-refractivity contribution in [2.24, 2.45) is 5.73 Å². The van der Waals surface area contributed by atoms with E-state index in [1.807, 2.05) is 0 Å². The van der Waals surface area contributed by atoms with Crippen molar-refractivity contribution in [3.63, 3.8) is 0 Å². The molecule has 1 aliphatic rings. The van der Waals surface area contributed by atoms with Gasteiger partial charge in [-0.05, 0) is 36.2 Å². The van der Waals surface area contributed by atoms with Gasteiger partial charge in [-0.25, -0.2) is 13.2 Å². The average molecular weight is 292 g/mol. The molecule has 0 aliphatic carbocycles. The lowest BCUT2D eigenvalue weighted by atomic mass is 10.0. The van der Waals surface area contributed by atoms with E-state index in [4.69, 9.17) is 5.73 Å². The van der Waals surface area contributed by atoms with Crippen LogP contribution in [0.15, 0.2) is 36.4 Å². The Morgan fingerprint density at radius 2 is 1.81 bits per heavy atom. The maximum atomic E-state index is 14.0. The first-order valence-electron chi connectivity index (χ1n) is 6.81. The lowest BCUT2D eigenvalue weighted by Crippen LogP contribution is -2.33. The summed E-state index contributed by atoms with van der Waals surface area (Å²) in [4.78, 5) is 1.78. The number of anilines is 1. The summed E-state index contributed by atoms with van der Waals surface area (Å²) < 4.78 is 41.5. The van der Waals surface area contributed by atoms with Crippen LogP contribution in [0.1, 0.15) is 17.2 Å². The molecule has 21 heavy (non-hydrogen) atoms. The number of hydrogen-bond acceptors (Lipinski definition) is 2. The van der Waals surface area contributed by atoms with Gasteiger partial charge in [0.15, 0.2) is 0 Å². The lowest BCUT2D eigenvalue weighted by molar-refractivity contribution is 0.513. The van der Waals surface area contributed by atoms with Crippen LogP contribution in [0.4, 0.5) is 18.9 Å². The molecule has 0 aromatic heterocycles. The van der Waals surface area contributed by atoms with Crippen molar-refractivity contribution >= 4 is 5.69 Å². The first-order chi connectivity index (χ1) is 10.1. The third-order valence-electron chi connectivity index (χ3n) is 3.91. The van der Waals surface area contributed by atoms with Crippen molar-refractivity contribution in [1.82, 2.24) is 0 Å². The Labute approximate surface area is 121 Å². The number of fused-ring (bicyclic) bond motifs is 1. The van der Waals surface area contributed by atoms with Crippen LogP contribution in [0.25, 0.3) is 0 Å².